The van der Waals surface area contributed by atoms with Crippen molar-refractivity contribution in [2.75, 3.05) is 7.11 Å². The zero-order chi connectivity index (χ0) is 19.5. The molecule has 0 atom stereocenters. The maximum atomic E-state index is 12.9. The fourth-order valence-corrected chi connectivity index (χ4v) is 3.19. The van der Waals surface area contributed by atoms with Crippen LogP contribution in [0.1, 0.15) is 5.56 Å². The van der Waals surface area contributed by atoms with E-state index in [-0.39, 0.29) is 10.8 Å². The molecule has 0 spiro atoms. The van der Waals surface area contributed by atoms with Crippen LogP contribution >= 0.6 is 11.6 Å². The van der Waals surface area contributed by atoms with E-state index in [1.165, 1.54) is 10.9 Å². The molecule has 0 bridgehead atoms. The predicted octanol–water partition coefficient (Wildman–Crippen LogP) is 4.90. The molecule has 1 heterocycles. The summed E-state index contributed by atoms with van der Waals surface area (Å²) in [5, 5.41) is 6.52. The number of methoxy groups -OCH3 is 1. The van der Waals surface area contributed by atoms with Crippen molar-refractivity contribution in [1.82, 2.24) is 9.78 Å². The van der Waals surface area contributed by atoms with Crippen LogP contribution in [0, 0.1) is 0 Å². The smallest absolute Gasteiger partial charge is 0.311 e. The van der Waals surface area contributed by atoms with Crippen molar-refractivity contribution in [2.24, 2.45) is 0 Å². The lowest BCUT2D eigenvalue weighted by Crippen LogP contribution is -2.24. The van der Waals surface area contributed by atoms with E-state index in [9.17, 15) is 4.79 Å². The van der Waals surface area contributed by atoms with E-state index in [1.54, 1.807) is 31.4 Å². The first kappa shape index (κ1) is 18.1. The molecule has 6 heteroatoms. The van der Waals surface area contributed by atoms with Gasteiger partial charge in [-0.2, -0.15) is 5.10 Å². The second kappa shape index (κ2) is 7.74. The standard InChI is InChI=1S/C22H17ClN2O3/c1-27-17-9-5-10-18(12-17)28-21-20(23)13-24-25(22(21)26)14-16-8-4-7-15-6-2-3-11-19(15)16/h2-13H,14H2,1H3. The van der Waals surface area contributed by atoms with Crippen molar-refractivity contribution in [3.05, 3.63) is 93.9 Å². The number of halogens is 1. The first-order valence-corrected chi connectivity index (χ1v) is 9.07. The zero-order valence-electron chi connectivity index (χ0n) is 15.1. The lowest BCUT2D eigenvalue weighted by atomic mass is 10.0. The molecule has 0 aliphatic heterocycles. The Morgan fingerprint density at radius 1 is 1.00 bits per heavy atom. The van der Waals surface area contributed by atoms with Gasteiger partial charge in [-0.05, 0) is 28.5 Å². The summed E-state index contributed by atoms with van der Waals surface area (Å²) in [6, 6.07) is 21.0. The number of hydrogen-bond donors (Lipinski definition) is 0. The highest BCUT2D eigenvalue weighted by atomic mass is 35.5. The van der Waals surface area contributed by atoms with Gasteiger partial charge in [0.25, 0.3) is 0 Å². The Morgan fingerprint density at radius 3 is 2.61 bits per heavy atom. The summed E-state index contributed by atoms with van der Waals surface area (Å²) in [6.45, 7) is 0.311. The van der Waals surface area contributed by atoms with Crippen LogP contribution in [-0.2, 0) is 6.54 Å². The second-order valence-corrected chi connectivity index (χ2v) is 6.61. The Bertz CT molecular complexity index is 1200. The van der Waals surface area contributed by atoms with Crippen molar-refractivity contribution in [1.29, 1.82) is 0 Å². The molecule has 4 aromatic rings. The van der Waals surface area contributed by atoms with E-state index >= 15 is 0 Å². The number of hydrogen-bond acceptors (Lipinski definition) is 4. The molecule has 140 valence electrons. The van der Waals surface area contributed by atoms with Crippen molar-refractivity contribution < 1.29 is 9.47 Å². The van der Waals surface area contributed by atoms with E-state index in [1.807, 2.05) is 42.5 Å². The second-order valence-electron chi connectivity index (χ2n) is 6.20. The van der Waals surface area contributed by atoms with Gasteiger partial charge in [0, 0.05) is 6.07 Å². The maximum absolute atomic E-state index is 12.9. The van der Waals surface area contributed by atoms with Gasteiger partial charge in [0.1, 0.15) is 16.5 Å². The van der Waals surface area contributed by atoms with Crippen molar-refractivity contribution in [3.63, 3.8) is 0 Å². The molecule has 0 amide bonds. The van der Waals surface area contributed by atoms with Gasteiger partial charge in [0.2, 0.25) is 5.75 Å². The Balaban J connectivity index is 1.71. The topological polar surface area (TPSA) is 53.4 Å². The van der Waals surface area contributed by atoms with E-state index in [2.05, 4.69) is 5.10 Å². The minimum absolute atomic E-state index is 0.0326. The zero-order valence-corrected chi connectivity index (χ0v) is 15.9. The fraction of sp³-hybridized carbons (Fsp3) is 0.0909. The molecule has 4 rings (SSSR count). The Hall–Kier alpha value is -3.31. The fourth-order valence-electron chi connectivity index (χ4n) is 3.03. The molecule has 0 N–H and O–H groups in total. The van der Waals surface area contributed by atoms with Gasteiger partial charge in [0.05, 0.1) is 19.9 Å². The number of benzene rings is 3. The molecule has 0 unspecified atom stereocenters. The van der Waals surface area contributed by atoms with Crippen LogP contribution in [-0.4, -0.2) is 16.9 Å². The van der Waals surface area contributed by atoms with Crippen LogP contribution in [0.15, 0.2) is 77.7 Å². The minimum atomic E-state index is -0.400. The van der Waals surface area contributed by atoms with Gasteiger partial charge < -0.3 is 9.47 Å². The van der Waals surface area contributed by atoms with Gasteiger partial charge in [-0.1, -0.05) is 60.1 Å². The van der Waals surface area contributed by atoms with E-state index in [0.29, 0.717) is 18.0 Å². The summed E-state index contributed by atoms with van der Waals surface area (Å²) in [5.41, 5.74) is 0.589. The number of aromatic nitrogens is 2. The molecule has 1 aromatic heterocycles. The molecular weight excluding hydrogens is 376 g/mol. The molecule has 0 fully saturated rings. The van der Waals surface area contributed by atoms with E-state index < -0.39 is 5.56 Å². The molecular formula is C22H17ClN2O3. The molecule has 0 saturated heterocycles. The van der Waals surface area contributed by atoms with Crippen LogP contribution in [0.3, 0.4) is 0 Å². The molecule has 28 heavy (non-hydrogen) atoms. The lowest BCUT2D eigenvalue weighted by Gasteiger charge is -2.12. The third-order valence-corrected chi connectivity index (χ3v) is 4.69. The van der Waals surface area contributed by atoms with Crippen LogP contribution in [0.2, 0.25) is 5.02 Å². The summed E-state index contributed by atoms with van der Waals surface area (Å²) in [6.07, 6.45) is 1.42. The van der Waals surface area contributed by atoms with E-state index in [4.69, 9.17) is 21.1 Å². The summed E-state index contributed by atoms with van der Waals surface area (Å²) in [7, 11) is 1.57. The van der Waals surface area contributed by atoms with Crippen LogP contribution in [0.4, 0.5) is 0 Å². The Labute approximate surface area is 166 Å². The predicted molar refractivity (Wildman–Crippen MR) is 110 cm³/mol. The van der Waals surface area contributed by atoms with Crippen LogP contribution in [0.5, 0.6) is 17.2 Å². The molecule has 0 saturated carbocycles. The van der Waals surface area contributed by atoms with Crippen LogP contribution < -0.4 is 15.0 Å². The summed E-state index contributed by atoms with van der Waals surface area (Å²) in [5.74, 6) is 1.12. The number of fused-ring (bicyclic) bond motifs is 1. The summed E-state index contributed by atoms with van der Waals surface area (Å²) < 4.78 is 12.3. The highest BCUT2D eigenvalue weighted by Gasteiger charge is 2.14. The molecule has 5 nitrogen and oxygen atoms in total. The SMILES string of the molecule is COc1cccc(Oc2c(Cl)cnn(Cc3cccc4ccccc34)c2=O)c1. The Morgan fingerprint density at radius 2 is 1.75 bits per heavy atom. The quantitative estimate of drug-likeness (QED) is 0.484. The van der Waals surface area contributed by atoms with Crippen molar-refractivity contribution in [3.8, 4) is 17.2 Å². The van der Waals surface area contributed by atoms with Gasteiger partial charge in [-0.3, -0.25) is 4.79 Å². The lowest BCUT2D eigenvalue weighted by molar-refractivity contribution is 0.407. The first-order valence-electron chi connectivity index (χ1n) is 8.70. The number of rotatable bonds is 5. The highest BCUT2D eigenvalue weighted by Crippen LogP contribution is 2.27. The Kier molecular flexibility index (Phi) is 5.00. The van der Waals surface area contributed by atoms with Crippen molar-refractivity contribution in [2.45, 2.75) is 6.54 Å². The normalized spacial score (nSPS) is 10.8. The first-order chi connectivity index (χ1) is 13.7. The number of ether oxygens (including phenoxy) is 2. The average molecular weight is 393 g/mol. The van der Waals surface area contributed by atoms with E-state index in [0.717, 1.165) is 16.3 Å². The summed E-state index contributed by atoms with van der Waals surface area (Å²) in [4.78, 5) is 12.9. The average Bonchev–Trinajstić information content (AvgIpc) is 2.73. The molecule has 3 aromatic carbocycles. The monoisotopic (exact) mass is 392 g/mol. The maximum Gasteiger partial charge on any atom is 0.311 e. The van der Waals surface area contributed by atoms with Crippen molar-refractivity contribution >= 4 is 22.4 Å². The molecule has 0 aliphatic carbocycles. The third kappa shape index (κ3) is 3.57. The van der Waals surface area contributed by atoms with Crippen LogP contribution in [0.25, 0.3) is 10.8 Å². The largest absolute Gasteiger partial charge is 0.497 e. The number of nitrogens with zero attached hydrogens (tertiary/aromatic N) is 2. The van der Waals surface area contributed by atoms with Gasteiger partial charge in [0.15, 0.2) is 0 Å². The summed E-state index contributed by atoms with van der Waals surface area (Å²) >= 11 is 6.19. The van der Waals surface area contributed by atoms with Gasteiger partial charge >= 0.3 is 5.56 Å². The third-order valence-electron chi connectivity index (χ3n) is 4.42. The minimum Gasteiger partial charge on any atom is -0.497 e. The van der Waals surface area contributed by atoms with Gasteiger partial charge in [-0.25, -0.2) is 4.68 Å². The highest BCUT2D eigenvalue weighted by molar-refractivity contribution is 6.31. The molecule has 0 aliphatic rings. The van der Waals surface area contributed by atoms with Gasteiger partial charge in [-0.15, -0.1) is 0 Å². The molecule has 0 radical (unpaired) electrons.